The third kappa shape index (κ3) is 1.79. The minimum atomic E-state index is 0.958. The van der Waals surface area contributed by atoms with Crippen LogP contribution in [0.3, 0.4) is 0 Å². The van der Waals surface area contributed by atoms with Crippen LogP contribution in [0.1, 0.15) is 18.2 Å². The monoisotopic (exact) mass is 145 g/mol. The average Bonchev–Trinajstić information content (AvgIpc) is 2.03. The summed E-state index contributed by atoms with van der Waals surface area (Å²) in [5.74, 6) is 0. The molecule has 56 valence electrons. The van der Waals surface area contributed by atoms with Crippen molar-refractivity contribution in [3.63, 3.8) is 0 Å². The highest BCUT2D eigenvalue weighted by molar-refractivity contribution is 5.59. The first-order chi connectivity index (χ1) is 5.24. The van der Waals surface area contributed by atoms with Crippen molar-refractivity contribution in [2.75, 3.05) is 0 Å². The molecule has 0 fully saturated rings. The van der Waals surface area contributed by atoms with Crippen LogP contribution < -0.4 is 0 Å². The lowest BCUT2D eigenvalue weighted by Crippen LogP contribution is -1.84. The highest BCUT2D eigenvalue weighted by atomic mass is 14.7. The summed E-state index contributed by atoms with van der Waals surface area (Å²) < 4.78 is 0. The van der Waals surface area contributed by atoms with E-state index < -0.39 is 0 Å². The first kappa shape index (κ1) is 7.77. The fraction of sp³-hybridized carbons (Fsp3) is 0.200. The van der Waals surface area contributed by atoms with E-state index in [1.165, 1.54) is 5.56 Å². The van der Waals surface area contributed by atoms with Gasteiger partial charge in [0.1, 0.15) is 0 Å². The van der Waals surface area contributed by atoms with Crippen molar-refractivity contribution in [3.05, 3.63) is 41.9 Å². The molecule has 1 rings (SSSR count). The topological polar surface area (TPSA) is 12.9 Å². The zero-order valence-corrected chi connectivity index (χ0v) is 6.89. The smallest absolute Gasteiger partial charge is 0.0738 e. The Labute approximate surface area is 67.1 Å². The van der Waals surface area contributed by atoms with Crippen molar-refractivity contribution in [1.29, 1.82) is 0 Å². The van der Waals surface area contributed by atoms with Crippen LogP contribution in [0.4, 0.5) is 0 Å². The van der Waals surface area contributed by atoms with E-state index in [9.17, 15) is 0 Å². The molecule has 0 aliphatic carbocycles. The van der Waals surface area contributed by atoms with E-state index >= 15 is 0 Å². The van der Waals surface area contributed by atoms with Crippen molar-refractivity contribution < 1.29 is 0 Å². The van der Waals surface area contributed by atoms with E-state index in [1.807, 2.05) is 26.0 Å². The quantitative estimate of drug-likeness (QED) is 0.553. The van der Waals surface area contributed by atoms with Gasteiger partial charge < -0.3 is 0 Å². The van der Waals surface area contributed by atoms with Gasteiger partial charge in [-0.3, -0.25) is 4.98 Å². The van der Waals surface area contributed by atoms with Gasteiger partial charge in [0.25, 0.3) is 0 Å². The number of aromatic nitrogens is 1. The molecule has 0 atom stereocenters. The normalized spacial score (nSPS) is 8.91. The molecular weight excluding hydrogens is 134 g/mol. The minimum Gasteiger partial charge on any atom is -0.256 e. The molecule has 0 unspecified atom stereocenters. The Morgan fingerprint density at radius 3 is 2.91 bits per heavy atom. The Kier molecular flexibility index (Phi) is 2.25. The molecule has 0 aliphatic heterocycles. The number of pyridine rings is 1. The summed E-state index contributed by atoms with van der Waals surface area (Å²) in [4.78, 5) is 4.17. The summed E-state index contributed by atoms with van der Waals surface area (Å²) in [5.41, 5.74) is 5.98. The predicted molar refractivity (Wildman–Crippen MR) is 47.2 cm³/mol. The molecule has 1 aromatic rings. The van der Waals surface area contributed by atoms with E-state index in [-0.39, 0.29) is 0 Å². The summed E-state index contributed by atoms with van der Waals surface area (Å²) in [6.45, 7) is 7.56. The Hall–Kier alpha value is -1.33. The van der Waals surface area contributed by atoms with Gasteiger partial charge in [0.05, 0.1) is 5.69 Å². The van der Waals surface area contributed by atoms with E-state index in [1.54, 1.807) is 6.20 Å². The van der Waals surface area contributed by atoms with Crippen LogP contribution in [0.5, 0.6) is 0 Å². The second-order valence-electron chi connectivity index (χ2n) is 2.52. The summed E-state index contributed by atoms with van der Waals surface area (Å²) in [7, 11) is 0. The fourth-order valence-corrected chi connectivity index (χ4v) is 0.832. The van der Waals surface area contributed by atoms with E-state index in [0.717, 1.165) is 11.3 Å². The first-order valence-corrected chi connectivity index (χ1v) is 3.53. The Bertz CT molecular complexity index is 306. The molecule has 0 spiro atoms. The van der Waals surface area contributed by atoms with Crippen LogP contribution in [0.15, 0.2) is 30.6 Å². The molecule has 11 heavy (non-hydrogen) atoms. The molecule has 0 aromatic carbocycles. The van der Waals surface area contributed by atoms with Gasteiger partial charge in [-0.05, 0) is 31.5 Å². The second-order valence-corrected chi connectivity index (χ2v) is 2.52. The maximum Gasteiger partial charge on any atom is 0.0738 e. The number of allylic oxidation sites excluding steroid dienone is 1. The number of hydrogen-bond donors (Lipinski definition) is 0. The van der Waals surface area contributed by atoms with Crippen LogP contribution in [0.25, 0.3) is 5.57 Å². The van der Waals surface area contributed by atoms with Gasteiger partial charge in [-0.2, -0.15) is 0 Å². The third-order valence-electron chi connectivity index (χ3n) is 1.56. The molecule has 1 aromatic heterocycles. The molecular formula is C10H11N. The summed E-state index contributed by atoms with van der Waals surface area (Å²) in [6, 6.07) is 3.99. The van der Waals surface area contributed by atoms with E-state index in [4.69, 9.17) is 0 Å². The van der Waals surface area contributed by atoms with Gasteiger partial charge in [-0.25, -0.2) is 0 Å². The van der Waals surface area contributed by atoms with E-state index in [0.29, 0.717) is 0 Å². The number of hydrogen-bond acceptors (Lipinski definition) is 1. The van der Waals surface area contributed by atoms with Crippen LogP contribution in [-0.4, -0.2) is 4.98 Å². The molecule has 0 amide bonds. The van der Waals surface area contributed by atoms with Crippen LogP contribution in [-0.2, 0) is 0 Å². The maximum atomic E-state index is 4.17. The first-order valence-electron chi connectivity index (χ1n) is 3.53. The molecule has 0 saturated heterocycles. The summed E-state index contributed by atoms with van der Waals surface area (Å²) >= 11 is 0. The SMILES string of the molecule is C=C=C(C)c1cc(C)ccn1. The Morgan fingerprint density at radius 2 is 2.36 bits per heavy atom. The van der Waals surface area contributed by atoms with Crippen LogP contribution >= 0.6 is 0 Å². The fourth-order valence-electron chi connectivity index (χ4n) is 0.832. The molecule has 0 saturated carbocycles. The summed E-state index contributed by atoms with van der Waals surface area (Å²) in [6.07, 6.45) is 1.80. The van der Waals surface area contributed by atoms with Gasteiger partial charge in [0.15, 0.2) is 0 Å². The molecule has 0 aliphatic rings. The van der Waals surface area contributed by atoms with Gasteiger partial charge >= 0.3 is 0 Å². The lowest BCUT2D eigenvalue weighted by molar-refractivity contribution is 1.24. The largest absolute Gasteiger partial charge is 0.256 e. The molecule has 0 radical (unpaired) electrons. The van der Waals surface area contributed by atoms with Crippen LogP contribution in [0, 0.1) is 6.92 Å². The standard InChI is InChI=1S/C10H11N/c1-4-9(3)10-7-8(2)5-6-11-10/h5-7H,1H2,2-3H3. The highest BCUT2D eigenvalue weighted by Crippen LogP contribution is 2.09. The lowest BCUT2D eigenvalue weighted by Gasteiger charge is -1.97. The lowest BCUT2D eigenvalue weighted by atomic mass is 10.2. The van der Waals surface area contributed by atoms with Gasteiger partial charge in [0, 0.05) is 11.8 Å². The van der Waals surface area contributed by atoms with Gasteiger partial charge in [0.2, 0.25) is 0 Å². The second kappa shape index (κ2) is 3.18. The van der Waals surface area contributed by atoms with Crippen molar-refractivity contribution >= 4 is 5.57 Å². The van der Waals surface area contributed by atoms with Crippen LogP contribution in [0.2, 0.25) is 0 Å². The van der Waals surface area contributed by atoms with Gasteiger partial charge in [-0.15, -0.1) is 5.73 Å². The average molecular weight is 145 g/mol. The summed E-state index contributed by atoms with van der Waals surface area (Å²) in [5, 5.41) is 0. The molecule has 0 N–H and O–H groups in total. The molecule has 0 bridgehead atoms. The number of aryl methyl sites for hydroxylation is 1. The van der Waals surface area contributed by atoms with Crippen molar-refractivity contribution in [1.82, 2.24) is 4.98 Å². The van der Waals surface area contributed by atoms with Crippen molar-refractivity contribution in [2.45, 2.75) is 13.8 Å². The van der Waals surface area contributed by atoms with Crippen molar-refractivity contribution in [3.8, 4) is 0 Å². The van der Waals surface area contributed by atoms with Gasteiger partial charge in [-0.1, -0.05) is 6.58 Å². The van der Waals surface area contributed by atoms with Crippen molar-refractivity contribution in [2.24, 2.45) is 0 Å². The zero-order valence-electron chi connectivity index (χ0n) is 6.89. The predicted octanol–water partition coefficient (Wildman–Crippen LogP) is 2.58. The minimum absolute atomic E-state index is 0.958. The highest BCUT2D eigenvalue weighted by Gasteiger charge is 1.94. The molecule has 1 heterocycles. The third-order valence-corrected chi connectivity index (χ3v) is 1.56. The molecule has 1 nitrogen and oxygen atoms in total. The number of nitrogens with zero attached hydrogens (tertiary/aromatic N) is 1. The Morgan fingerprint density at radius 1 is 1.64 bits per heavy atom. The maximum absolute atomic E-state index is 4.17. The Balaban J connectivity index is 3.15. The van der Waals surface area contributed by atoms with E-state index in [2.05, 4.69) is 17.3 Å². The molecule has 1 heteroatoms. The number of rotatable bonds is 1. The zero-order chi connectivity index (χ0) is 8.27.